The molecular weight excluding hydrogens is 340 g/mol. The van der Waals surface area contributed by atoms with Crippen molar-refractivity contribution in [1.82, 2.24) is 15.1 Å². The molecule has 0 saturated carbocycles. The molecule has 25 heavy (non-hydrogen) atoms. The van der Waals surface area contributed by atoms with Crippen LogP contribution in [-0.2, 0) is 4.79 Å². The second kappa shape index (κ2) is 7.10. The van der Waals surface area contributed by atoms with Crippen LogP contribution in [0.2, 0.25) is 0 Å². The Hall–Kier alpha value is -2.61. The van der Waals surface area contributed by atoms with Crippen LogP contribution in [0.25, 0.3) is 0 Å². The first-order valence-corrected chi connectivity index (χ1v) is 8.75. The lowest BCUT2D eigenvalue weighted by Crippen LogP contribution is -2.63. The third kappa shape index (κ3) is 3.30. The minimum absolute atomic E-state index is 0.0180. The van der Waals surface area contributed by atoms with E-state index in [-0.39, 0.29) is 17.4 Å². The largest absolute Gasteiger partial charge is 0.332 e. The number of hydrogen-bond donors (Lipinski definition) is 1. The summed E-state index contributed by atoms with van der Waals surface area (Å²) in [4.78, 5) is 44.0. The number of fused-ring (bicyclic) bond motifs is 1. The van der Waals surface area contributed by atoms with Crippen LogP contribution in [0.1, 0.15) is 10.4 Å². The van der Waals surface area contributed by atoms with Gasteiger partial charge in [-0.2, -0.15) is 0 Å². The lowest BCUT2D eigenvalue weighted by molar-refractivity contribution is -0.126. The Balaban J connectivity index is 1.77. The molecule has 0 aromatic heterocycles. The van der Waals surface area contributed by atoms with E-state index in [1.807, 2.05) is 18.2 Å². The van der Waals surface area contributed by atoms with Crippen molar-refractivity contribution in [3.8, 4) is 0 Å². The maximum Gasteiger partial charge on any atom is 0.325 e. The van der Waals surface area contributed by atoms with Gasteiger partial charge in [-0.05, 0) is 0 Å². The molecule has 1 saturated heterocycles. The third-order valence-corrected chi connectivity index (χ3v) is 5.08. The molecule has 7 nitrogen and oxygen atoms in total. The number of hydrogen-bond acceptors (Lipinski definition) is 6. The van der Waals surface area contributed by atoms with E-state index in [0.717, 1.165) is 0 Å². The molecular formula is C17H18N4O3S. The first-order chi connectivity index (χ1) is 12.0. The molecule has 1 N–H and O–H groups in total. The van der Waals surface area contributed by atoms with Crippen LogP contribution in [0.15, 0.2) is 48.0 Å². The van der Waals surface area contributed by atoms with Crippen LogP contribution in [0.4, 0.5) is 4.79 Å². The van der Waals surface area contributed by atoms with Gasteiger partial charge in [-0.1, -0.05) is 48.2 Å². The van der Waals surface area contributed by atoms with E-state index >= 15 is 0 Å². The monoisotopic (exact) mass is 358 g/mol. The molecule has 2 atom stereocenters. The predicted molar refractivity (Wildman–Crippen MR) is 96.4 cm³/mol. The van der Waals surface area contributed by atoms with Crippen molar-refractivity contribution in [2.24, 2.45) is 4.99 Å². The van der Waals surface area contributed by atoms with Crippen LogP contribution < -0.4 is 5.32 Å². The van der Waals surface area contributed by atoms with E-state index in [9.17, 15) is 14.4 Å². The molecule has 0 spiro atoms. The van der Waals surface area contributed by atoms with E-state index in [0.29, 0.717) is 17.3 Å². The van der Waals surface area contributed by atoms with Gasteiger partial charge in [-0.25, -0.2) is 9.79 Å². The Morgan fingerprint density at radius 2 is 2.08 bits per heavy atom. The third-order valence-electron chi connectivity index (χ3n) is 4.08. The first-order valence-electron chi connectivity index (χ1n) is 7.77. The molecule has 0 aliphatic carbocycles. The van der Waals surface area contributed by atoms with Gasteiger partial charge in [-0.3, -0.25) is 14.9 Å². The molecule has 130 valence electrons. The van der Waals surface area contributed by atoms with Crippen molar-refractivity contribution in [3.05, 3.63) is 48.6 Å². The summed E-state index contributed by atoms with van der Waals surface area (Å²) >= 11 is 1.27. The fourth-order valence-electron chi connectivity index (χ4n) is 2.79. The number of carbonyl (C=O) groups is 3. The van der Waals surface area contributed by atoms with Crippen LogP contribution in [0.5, 0.6) is 0 Å². The zero-order chi connectivity index (χ0) is 18.0. The van der Waals surface area contributed by atoms with E-state index < -0.39 is 18.2 Å². The number of amides is 3. The minimum Gasteiger partial charge on any atom is -0.332 e. The van der Waals surface area contributed by atoms with Crippen molar-refractivity contribution in [1.29, 1.82) is 0 Å². The van der Waals surface area contributed by atoms with Gasteiger partial charge in [0.1, 0.15) is 0 Å². The molecule has 2 aliphatic heterocycles. The second-order valence-corrected chi connectivity index (χ2v) is 6.64. The highest BCUT2D eigenvalue weighted by Gasteiger charge is 2.48. The van der Waals surface area contributed by atoms with E-state index in [1.54, 1.807) is 30.2 Å². The molecule has 2 unspecified atom stereocenters. The van der Waals surface area contributed by atoms with Crippen molar-refractivity contribution in [3.63, 3.8) is 0 Å². The molecule has 0 radical (unpaired) electrons. The van der Waals surface area contributed by atoms with Gasteiger partial charge in [0.05, 0.1) is 5.75 Å². The quantitative estimate of drug-likeness (QED) is 0.634. The Bertz CT molecular complexity index is 750. The Labute approximate surface area is 149 Å². The molecule has 2 aliphatic rings. The minimum atomic E-state index is -0.602. The van der Waals surface area contributed by atoms with E-state index in [2.05, 4.69) is 16.9 Å². The highest BCUT2D eigenvalue weighted by atomic mass is 32.2. The number of ketones is 1. The smallest absolute Gasteiger partial charge is 0.325 e. The van der Waals surface area contributed by atoms with Crippen LogP contribution in [0, 0.1) is 0 Å². The van der Waals surface area contributed by atoms with Crippen molar-refractivity contribution in [2.45, 2.75) is 12.2 Å². The Morgan fingerprint density at radius 3 is 2.76 bits per heavy atom. The number of benzene rings is 1. The summed E-state index contributed by atoms with van der Waals surface area (Å²) in [6.07, 6.45) is 1.08. The Kier molecular flexibility index (Phi) is 4.89. The molecule has 1 aromatic rings. The number of aliphatic imine (C=N–C) groups is 1. The highest BCUT2D eigenvalue weighted by molar-refractivity contribution is 8.14. The van der Waals surface area contributed by atoms with Gasteiger partial charge in [-0.15, -0.1) is 6.58 Å². The van der Waals surface area contributed by atoms with Crippen molar-refractivity contribution >= 4 is 34.7 Å². The van der Waals surface area contributed by atoms with E-state index in [4.69, 9.17) is 0 Å². The number of nitrogens with zero attached hydrogens (tertiary/aromatic N) is 3. The highest BCUT2D eigenvalue weighted by Crippen LogP contribution is 2.28. The number of likely N-dealkylation sites (N-methyl/N-ethyl adjacent to an activating group) is 1. The van der Waals surface area contributed by atoms with Gasteiger partial charge in [0.15, 0.2) is 23.2 Å². The van der Waals surface area contributed by atoms with Gasteiger partial charge in [0, 0.05) is 19.2 Å². The molecule has 1 fully saturated rings. The van der Waals surface area contributed by atoms with Crippen LogP contribution in [-0.4, -0.2) is 64.2 Å². The van der Waals surface area contributed by atoms with E-state index in [1.165, 1.54) is 16.7 Å². The fourth-order valence-corrected chi connectivity index (χ4v) is 3.75. The second-order valence-electron chi connectivity index (χ2n) is 5.69. The molecule has 3 amide bonds. The molecule has 3 rings (SSSR count). The topological polar surface area (TPSA) is 82.1 Å². The maximum atomic E-state index is 12.3. The van der Waals surface area contributed by atoms with Gasteiger partial charge in [0.25, 0.3) is 5.91 Å². The van der Waals surface area contributed by atoms with Gasteiger partial charge < -0.3 is 9.80 Å². The number of Topliss-reactive ketones (excluding diaryl/α,β-unsaturated/α-hetero) is 1. The zero-order valence-corrected chi connectivity index (χ0v) is 14.5. The number of urea groups is 1. The average molecular weight is 358 g/mol. The zero-order valence-electron chi connectivity index (χ0n) is 13.7. The van der Waals surface area contributed by atoms with Crippen LogP contribution >= 0.6 is 11.8 Å². The summed E-state index contributed by atoms with van der Waals surface area (Å²) in [5.41, 5.74) is 0.631. The number of amidine groups is 1. The maximum absolute atomic E-state index is 12.3. The lowest BCUT2D eigenvalue weighted by atomic mass is 10.1. The summed E-state index contributed by atoms with van der Waals surface area (Å²) in [5.74, 6) is -0.200. The first kappa shape index (κ1) is 17.2. The Morgan fingerprint density at radius 1 is 1.36 bits per heavy atom. The molecule has 0 bridgehead atoms. The number of imide groups is 1. The van der Waals surface area contributed by atoms with Gasteiger partial charge >= 0.3 is 6.03 Å². The number of nitrogens with one attached hydrogen (secondary N) is 1. The SMILES string of the molecule is C=CCN1C(SCC(=O)c2ccccc2)=NC2C1C(=O)NC(=O)N2C. The number of thioether (sulfide) groups is 1. The van der Waals surface area contributed by atoms with Crippen molar-refractivity contribution < 1.29 is 14.4 Å². The summed E-state index contributed by atoms with van der Waals surface area (Å²) < 4.78 is 0. The molecule has 1 aromatic carbocycles. The average Bonchev–Trinajstić information content (AvgIpc) is 2.98. The summed E-state index contributed by atoms with van der Waals surface area (Å²) in [5, 5.41) is 2.89. The fraction of sp³-hybridized carbons (Fsp3) is 0.294. The van der Waals surface area contributed by atoms with Crippen molar-refractivity contribution in [2.75, 3.05) is 19.3 Å². The normalized spacial score (nSPS) is 22.4. The molecule has 2 heterocycles. The molecule has 8 heteroatoms. The summed E-state index contributed by atoms with van der Waals surface area (Å²) in [6.45, 7) is 4.12. The summed E-state index contributed by atoms with van der Waals surface area (Å²) in [6, 6.07) is 7.94. The lowest BCUT2D eigenvalue weighted by Gasteiger charge is -2.35. The predicted octanol–water partition coefficient (Wildman–Crippen LogP) is 1.34. The van der Waals surface area contributed by atoms with Gasteiger partial charge in [0.2, 0.25) is 0 Å². The number of rotatable bonds is 5. The number of carbonyl (C=O) groups excluding carboxylic acids is 3. The standard InChI is InChI=1S/C17H18N4O3S/c1-3-9-21-13-14(20(2)16(24)19-15(13)23)18-17(21)25-10-12(22)11-7-5-4-6-8-11/h3-8,13-14H,1,9-10H2,2H3,(H,19,23,24). The summed E-state index contributed by atoms with van der Waals surface area (Å²) in [7, 11) is 1.59. The van der Waals surface area contributed by atoms with Crippen LogP contribution in [0.3, 0.4) is 0 Å².